The summed E-state index contributed by atoms with van der Waals surface area (Å²) >= 11 is 0. The largest absolute Gasteiger partial charge is 0.322 e. The zero-order chi connectivity index (χ0) is 18.5. The Balaban J connectivity index is 1.74. The number of hydrogen-bond acceptors (Lipinski definition) is 2. The van der Waals surface area contributed by atoms with Gasteiger partial charge in [0.1, 0.15) is 0 Å². The Bertz CT molecular complexity index is 959. The Kier molecular flexibility index (Phi) is 5.03. The van der Waals surface area contributed by atoms with Crippen LogP contribution in [0.25, 0.3) is 0 Å². The third kappa shape index (κ3) is 4.10. The summed E-state index contributed by atoms with van der Waals surface area (Å²) in [5, 5.41) is 5.19. The van der Waals surface area contributed by atoms with Gasteiger partial charge in [-0.3, -0.25) is 9.59 Å². The Hall–Kier alpha value is -3.54. The predicted molar refractivity (Wildman–Crippen MR) is 95.1 cm³/mol. The molecule has 0 unspecified atom stereocenters. The third-order valence-electron chi connectivity index (χ3n) is 3.60. The molecule has 2 amide bonds. The minimum absolute atomic E-state index is 0.119. The molecule has 0 fully saturated rings. The van der Waals surface area contributed by atoms with Crippen molar-refractivity contribution < 1.29 is 18.4 Å². The van der Waals surface area contributed by atoms with Crippen LogP contribution >= 0.6 is 0 Å². The van der Waals surface area contributed by atoms with Gasteiger partial charge < -0.3 is 10.6 Å². The standard InChI is InChI=1S/C20H14F2N2O2/c21-17-10-9-16(12-18(17)22)24-20(26)14-6-4-5-13(11-14)19(25)23-15-7-2-1-3-8-15/h1-12H,(H,23,25)(H,24,26). The van der Waals surface area contributed by atoms with Crippen LogP contribution in [-0.4, -0.2) is 11.8 Å². The number of hydrogen-bond donors (Lipinski definition) is 2. The lowest BCUT2D eigenvalue weighted by molar-refractivity contribution is 0.102. The summed E-state index contributed by atoms with van der Waals surface area (Å²) in [6.07, 6.45) is 0. The normalized spacial score (nSPS) is 10.2. The Labute approximate surface area is 148 Å². The summed E-state index contributed by atoms with van der Waals surface area (Å²) in [6, 6.07) is 18.1. The monoisotopic (exact) mass is 352 g/mol. The molecule has 0 atom stereocenters. The van der Waals surface area contributed by atoms with Crippen LogP contribution in [0.3, 0.4) is 0 Å². The molecule has 0 aromatic heterocycles. The lowest BCUT2D eigenvalue weighted by Crippen LogP contribution is -2.15. The number of rotatable bonds is 4. The number of nitrogens with one attached hydrogen (secondary N) is 2. The molecule has 3 aromatic rings. The molecule has 4 nitrogen and oxygen atoms in total. The summed E-state index contributed by atoms with van der Waals surface area (Å²) in [5.74, 6) is -2.95. The molecule has 26 heavy (non-hydrogen) atoms. The lowest BCUT2D eigenvalue weighted by Gasteiger charge is -2.08. The molecule has 3 rings (SSSR count). The first-order chi connectivity index (χ1) is 12.5. The highest BCUT2D eigenvalue weighted by atomic mass is 19.2. The Morgan fingerprint density at radius 3 is 1.85 bits per heavy atom. The molecule has 0 bridgehead atoms. The number of halogens is 2. The quantitative estimate of drug-likeness (QED) is 0.728. The summed E-state index contributed by atoms with van der Waals surface area (Å²) in [4.78, 5) is 24.6. The Morgan fingerprint density at radius 2 is 1.23 bits per heavy atom. The third-order valence-corrected chi connectivity index (χ3v) is 3.60. The van der Waals surface area contributed by atoms with Crippen molar-refractivity contribution in [2.45, 2.75) is 0 Å². The minimum atomic E-state index is -1.06. The van der Waals surface area contributed by atoms with E-state index in [1.807, 2.05) is 6.07 Å². The zero-order valence-electron chi connectivity index (χ0n) is 13.5. The molecular formula is C20H14F2N2O2. The summed E-state index contributed by atoms with van der Waals surface area (Å²) in [5.41, 5.74) is 1.27. The molecule has 0 aliphatic rings. The van der Waals surface area contributed by atoms with Gasteiger partial charge in [-0.15, -0.1) is 0 Å². The van der Waals surface area contributed by atoms with Gasteiger partial charge in [-0.2, -0.15) is 0 Å². The smallest absolute Gasteiger partial charge is 0.255 e. The van der Waals surface area contributed by atoms with Crippen molar-refractivity contribution in [2.75, 3.05) is 10.6 Å². The van der Waals surface area contributed by atoms with E-state index in [1.54, 1.807) is 36.4 Å². The SMILES string of the molecule is O=C(Nc1ccccc1)c1cccc(C(=O)Nc2ccc(F)c(F)c2)c1. The van der Waals surface area contributed by atoms with Crippen molar-refractivity contribution in [1.29, 1.82) is 0 Å². The maximum absolute atomic E-state index is 13.2. The van der Waals surface area contributed by atoms with Gasteiger partial charge in [0, 0.05) is 28.6 Å². The van der Waals surface area contributed by atoms with Crippen molar-refractivity contribution in [3.63, 3.8) is 0 Å². The molecule has 3 aromatic carbocycles. The maximum atomic E-state index is 13.2. The Morgan fingerprint density at radius 1 is 0.615 bits per heavy atom. The summed E-state index contributed by atoms with van der Waals surface area (Å²) in [7, 11) is 0. The van der Waals surface area contributed by atoms with E-state index in [-0.39, 0.29) is 17.2 Å². The van der Waals surface area contributed by atoms with E-state index < -0.39 is 17.5 Å². The molecule has 0 aliphatic carbocycles. The van der Waals surface area contributed by atoms with Gasteiger partial charge in [0.2, 0.25) is 0 Å². The topological polar surface area (TPSA) is 58.2 Å². The van der Waals surface area contributed by atoms with Crippen LogP contribution in [-0.2, 0) is 0 Å². The number of anilines is 2. The molecule has 0 spiro atoms. The number of carbonyl (C=O) groups is 2. The lowest BCUT2D eigenvalue weighted by atomic mass is 10.1. The zero-order valence-corrected chi connectivity index (χ0v) is 13.5. The molecular weight excluding hydrogens is 338 g/mol. The number of carbonyl (C=O) groups excluding carboxylic acids is 2. The fourth-order valence-corrected chi connectivity index (χ4v) is 2.30. The van der Waals surface area contributed by atoms with Crippen LogP contribution in [0.15, 0.2) is 72.8 Å². The first-order valence-electron chi connectivity index (χ1n) is 7.76. The molecule has 130 valence electrons. The summed E-state index contributed by atoms with van der Waals surface area (Å²) in [6.45, 7) is 0. The second kappa shape index (κ2) is 7.57. The molecule has 0 heterocycles. The first kappa shape index (κ1) is 17.3. The second-order valence-electron chi connectivity index (χ2n) is 5.48. The highest BCUT2D eigenvalue weighted by Crippen LogP contribution is 2.15. The second-order valence-corrected chi connectivity index (χ2v) is 5.48. The van der Waals surface area contributed by atoms with Crippen LogP contribution in [0, 0.1) is 11.6 Å². The summed E-state index contributed by atoms with van der Waals surface area (Å²) < 4.78 is 26.2. The molecule has 6 heteroatoms. The highest BCUT2D eigenvalue weighted by Gasteiger charge is 2.12. The van der Waals surface area contributed by atoms with Crippen molar-refractivity contribution in [3.05, 3.63) is 95.6 Å². The van der Waals surface area contributed by atoms with E-state index in [0.29, 0.717) is 11.3 Å². The predicted octanol–water partition coefficient (Wildman–Crippen LogP) is 4.47. The van der Waals surface area contributed by atoms with Gasteiger partial charge in [-0.25, -0.2) is 8.78 Å². The molecule has 0 saturated heterocycles. The fraction of sp³-hybridized carbons (Fsp3) is 0. The van der Waals surface area contributed by atoms with Gasteiger partial charge in [-0.05, 0) is 42.5 Å². The van der Waals surface area contributed by atoms with Crippen LogP contribution in [0.1, 0.15) is 20.7 Å². The van der Waals surface area contributed by atoms with E-state index in [9.17, 15) is 18.4 Å². The average molecular weight is 352 g/mol. The van der Waals surface area contributed by atoms with Crippen LogP contribution in [0.4, 0.5) is 20.2 Å². The first-order valence-corrected chi connectivity index (χ1v) is 7.76. The molecule has 2 N–H and O–H groups in total. The van der Waals surface area contributed by atoms with Gasteiger partial charge >= 0.3 is 0 Å². The minimum Gasteiger partial charge on any atom is -0.322 e. The number of benzene rings is 3. The number of amides is 2. The highest BCUT2D eigenvalue weighted by molar-refractivity contribution is 6.08. The van der Waals surface area contributed by atoms with Gasteiger partial charge in [-0.1, -0.05) is 24.3 Å². The van der Waals surface area contributed by atoms with Gasteiger partial charge in [0.05, 0.1) is 0 Å². The molecule has 0 saturated carbocycles. The fourth-order valence-electron chi connectivity index (χ4n) is 2.30. The molecule has 0 aliphatic heterocycles. The van der Waals surface area contributed by atoms with E-state index in [1.165, 1.54) is 18.2 Å². The maximum Gasteiger partial charge on any atom is 0.255 e. The van der Waals surface area contributed by atoms with Crippen LogP contribution in [0.2, 0.25) is 0 Å². The number of para-hydroxylation sites is 1. The van der Waals surface area contributed by atoms with Gasteiger partial charge in [0.25, 0.3) is 11.8 Å². The van der Waals surface area contributed by atoms with E-state index >= 15 is 0 Å². The van der Waals surface area contributed by atoms with Crippen molar-refractivity contribution >= 4 is 23.2 Å². The van der Waals surface area contributed by atoms with E-state index in [2.05, 4.69) is 10.6 Å². The van der Waals surface area contributed by atoms with Gasteiger partial charge in [0.15, 0.2) is 11.6 Å². The molecule has 0 radical (unpaired) electrons. The van der Waals surface area contributed by atoms with Crippen LogP contribution < -0.4 is 10.6 Å². The van der Waals surface area contributed by atoms with E-state index in [0.717, 1.165) is 12.1 Å². The van der Waals surface area contributed by atoms with Crippen molar-refractivity contribution in [2.24, 2.45) is 0 Å². The van der Waals surface area contributed by atoms with Crippen molar-refractivity contribution in [3.8, 4) is 0 Å². The average Bonchev–Trinajstić information content (AvgIpc) is 2.65. The van der Waals surface area contributed by atoms with Crippen LogP contribution in [0.5, 0.6) is 0 Å². The van der Waals surface area contributed by atoms with E-state index in [4.69, 9.17) is 0 Å². The van der Waals surface area contributed by atoms with Crippen molar-refractivity contribution in [1.82, 2.24) is 0 Å².